The molecule has 0 aliphatic heterocycles. The summed E-state index contributed by atoms with van der Waals surface area (Å²) in [5.74, 6) is -1.07. The van der Waals surface area contributed by atoms with E-state index < -0.39 is 34.4 Å². The number of halogens is 4. The van der Waals surface area contributed by atoms with Crippen LogP contribution < -0.4 is 15.0 Å². The fourth-order valence-electron chi connectivity index (χ4n) is 3.92. The topological polar surface area (TPSA) is 77.8 Å². The van der Waals surface area contributed by atoms with Crippen molar-refractivity contribution in [3.63, 3.8) is 0 Å². The number of ether oxygens (including phenoxy) is 2. The molecule has 35 heavy (non-hydrogen) atoms. The highest BCUT2D eigenvalue weighted by atomic mass is 35.5. The summed E-state index contributed by atoms with van der Waals surface area (Å²) in [7, 11) is 2.80. The maximum atomic E-state index is 14.1. The zero-order valence-electron chi connectivity index (χ0n) is 18.3. The standard InChI is InChI=1S/C25H17ClF3NO5/c1-34-14-8-6-13(7-9-14)30-12-20(26)19-11-15(35-2)10-18(21(19)23(30)31)16-4-3-5-17(24(32)33)22(16)25(27,28)29/h3-12H,1-2H3,(H,32,33). The number of alkyl halides is 3. The number of fused-ring (bicyclic) bond motifs is 1. The van der Waals surface area contributed by atoms with Crippen LogP contribution in [0.1, 0.15) is 15.9 Å². The van der Waals surface area contributed by atoms with Crippen molar-refractivity contribution in [2.75, 3.05) is 14.2 Å². The number of pyridine rings is 1. The van der Waals surface area contributed by atoms with Crippen molar-refractivity contribution in [1.82, 2.24) is 4.57 Å². The van der Waals surface area contributed by atoms with Crippen LogP contribution >= 0.6 is 11.6 Å². The molecule has 0 fully saturated rings. The molecule has 4 rings (SSSR count). The van der Waals surface area contributed by atoms with Crippen LogP contribution in [0.5, 0.6) is 11.5 Å². The van der Waals surface area contributed by atoms with Gasteiger partial charge < -0.3 is 14.6 Å². The normalized spacial score (nSPS) is 11.5. The number of hydrogen-bond acceptors (Lipinski definition) is 4. The van der Waals surface area contributed by atoms with E-state index in [0.29, 0.717) is 11.4 Å². The van der Waals surface area contributed by atoms with E-state index in [1.54, 1.807) is 24.3 Å². The molecule has 0 radical (unpaired) electrons. The lowest BCUT2D eigenvalue weighted by atomic mass is 9.91. The molecule has 0 atom stereocenters. The molecule has 0 bridgehead atoms. The Morgan fingerprint density at radius 2 is 1.63 bits per heavy atom. The number of benzene rings is 3. The number of rotatable bonds is 5. The van der Waals surface area contributed by atoms with Gasteiger partial charge in [-0.05, 0) is 53.6 Å². The van der Waals surface area contributed by atoms with Crippen molar-refractivity contribution in [3.8, 4) is 28.3 Å². The van der Waals surface area contributed by atoms with Gasteiger partial charge in [0.25, 0.3) is 5.56 Å². The lowest BCUT2D eigenvalue weighted by Gasteiger charge is -2.19. The summed E-state index contributed by atoms with van der Waals surface area (Å²) in [6, 6.07) is 12.3. The van der Waals surface area contributed by atoms with Crippen molar-refractivity contribution in [2.24, 2.45) is 0 Å². The predicted molar refractivity (Wildman–Crippen MR) is 125 cm³/mol. The van der Waals surface area contributed by atoms with Crippen LogP contribution in [0, 0.1) is 0 Å². The zero-order valence-corrected chi connectivity index (χ0v) is 19.1. The SMILES string of the molecule is COc1ccc(-n2cc(Cl)c3cc(OC)cc(-c4cccc(C(=O)O)c4C(F)(F)F)c3c2=O)cc1. The van der Waals surface area contributed by atoms with Gasteiger partial charge in [0, 0.05) is 17.3 Å². The second kappa shape index (κ2) is 8.99. The van der Waals surface area contributed by atoms with Gasteiger partial charge in [0.1, 0.15) is 11.5 Å². The second-order valence-corrected chi connectivity index (χ2v) is 7.89. The lowest BCUT2D eigenvalue weighted by Crippen LogP contribution is -2.20. The first-order chi connectivity index (χ1) is 16.6. The number of carboxylic acids is 1. The second-order valence-electron chi connectivity index (χ2n) is 7.48. The fourth-order valence-corrected chi connectivity index (χ4v) is 4.17. The predicted octanol–water partition coefficient (Wildman–Crippen LogP) is 6.05. The molecule has 1 N–H and O–H groups in total. The van der Waals surface area contributed by atoms with Gasteiger partial charge in [0.05, 0.1) is 35.8 Å². The van der Waals surface area contributed by atoms with Crippen molar-refractivity contribution >= 4 is 28.3 Å². The number of methoxy groups -OCH3 is 2. The van der Waals surface area contributed by atoms with Gasteiger partial charge in [-0.1, -0.05) is 23.7 Å². The Balaban J connectivity index is 2.15. The van der Waals surface area contributed by atoms with E-state index in [2.05, 4.69) is 0 Å². The Hall–Kier alpha value is -3.98. The first kappa shape index (κ1) is 24.2. The Labute approximate surface area is 201 Å². The Morgan fingerprint density at radius 3 is 2.20 bits per heavy atom. The summed E-state index contributed by atoms with van der Waals surface area (Å²) in [6.07, 6.45) is -3.66. The average molecular weight is 504 g/mol. The van der Waals surface area contributed by atoms with Gasteiger partial charge in [-0.3, -0.25) is 9.36 Å². The van der Waals surface area contributed by atoms with Gasteiger partial charge in [0.15, 0.2) is 0 Å². The average Bonchev–Trinajstić information content (AvgIpc) is 2.84. The minimum atomic E-state index is -5.02. The number of nitrogens with zero attached hydrogens (tertiary/aromatic N) is 1. The Kier molecular flexibility index (Phi) is 6.21. The van der Waals surface area contributed by atoms with E-state index >= 15 is 0 Å². The minimum absolute atomic E-state index is 0.0820. The molecule has 0 saturated heterocycles. The summed E-state index contributed by atoms with van der Waals surface area (Å²) in [6.45, 7) is 0. The van der Waals surface area contributed by atoms with Crippen LogP contribution in [0.3, 0.4) is 0 Å². The summed E-state index contributed by atoms with van der Waals surface area (Å²) < 4.78 is 53.9. The van der Waals surface area contributed by atoms with E-state index in [0.717, 1.165) is 12.1 Å². The number of carbonyl (C=O) groups is 1. The number of aromatic nitrogens is 1. The minimum Gasteiger partial charge on any atom is -0.497 e. The molecule has 6 nitrogen and oxygen atoms in total. The Morgan fingerprint density at radius 1 is 0.971 bits per heavy atom. The molecule has 1 heterocycles. The molecular weight excluding hydrogens is 487 g/mol. The van der Waals surface area contributed by atoms with E-state index in [1.165, 1.54) is 43.2 Å². The van der Waals surface area contributed by atoms with E-state index in [-0.39, 0.29) is 27.1 Å². The maximum Gasteiger partial charge on any atom is 0.417 e. The monoisotopic (exact) mass is 503 g/mol. The molecular formula is C25H17ClF3NO5. The third-order valence-electron chi connectivity index (χ3n) is 5.50. The van der Waals surface area contributed by atoms with Crippen LogP contribution in [0.15, 0.2) is 65.6 Å². The third-order valence-corrected chi connectivity index (χ3v) is 5.80. The van der Waals surface area contributed by atoms with E-state index in [1.807, 2.05) is 0 Å². The van der Waals surface area contributed by atoms with Crippen molar-refractivity contribution in [1.29, 1.82) is 0 Å². The summed E-state index contributed by atoms with van der Waals surface area (Å²) >= 11 is 6.49. The van der Waals surface area contributed by atoms with Crippen LogP contribution in [0.2, 0.25) is 5.02 Å². The van der Waals surface area contributed by atoms with E-state index in [4.69, 9.17) is 21.1 Å². The highest BCUT2D eigenvalue weighted by Gasteiger charge is 2.39. The van der Waals surface area contributed by atoms with Gasteiger partial charge in [-0.15, -0.1) is 0 Å². The molecule has 10 heteroatoms. The smallest absolute Gasteiger partial charge is 0.417 e. The lowest BCUT2D eigenvalue weighted by molar-refractivity contribution is -0.137. The van der Waals surface area contributed by atoms with Crippen molar-refractivity contribution in [2.45, 2.75) is 6.18 Å². The van der Waals surface area contributed by atoms with Gasteiger partial charge in [0.2, 0.25) is 0 Å². The van der Waals surface area contributed by atoms with Crippen molar-refractivity contribution in [3.05, 3.63) is 87.3 Å². The van der Waals surface area contributed by atoms with Crippen LogP contribution in [-0.2, 0) is 6.18 Å². The van der Waals surface area contributed by atoms with Crippen LogP contribution in [-0.4, -0.2) is 29.9 Å². The van der Waals surface area contributed by atoms with Gasteiger partial charge in [-0.2, -0.15) is 13.2 Å². The molecule has 180 valence electrons. The molecule has 0 aliphatic carbocycles. The highest BCUT2D eigenvalue weighted by molar-refractivity contribution is 6.35. The zero-order chi connectivity index (χ0) is 25.5. The first-order valence-electron chi connectivity index (χ1n) is 10.1. The summed E-state index contributed by atoms with van der Waals surface area (Å²) in [4.78, 5) is 25.3. The summed E-state index contributed by atoms with van der Waals surface area (Å²) in [5.41, 5.74) is -3.22. The van der Waals surface area contributed by atoms with Crippen LogP contribution in [0.4, 0.5) is 13.2 Å². The third kappa shape index (κ3) is 4.30. The van der Waals surface area contributed by atoms with E-state index in [9.17, 15) is 27.9 Å². The molecule has 4 aromatic rings. The van der Waals surface area contributed by atoms with Gasteiger partial charge in [-0.25, -0.2) is 4.79 Å². The van der Waals surface area contributed by atoms with Crippen molar-refractivity contribution < 1.29 is 32.5 Å². The maximum absolute atomic E-state index is 14.1. The molecule has 0 saturated carbocycles. The van der Waals surface area contributed by atoms with Crippen LogP contribution in [0.25, 0.3) is 27.6 Å². The number of aromatic carboxylic acids is 1. The molecule has 0 amide bonds. The highest BCUT2D eigenvalue weighted by Crippen LogP contribution is 2.43. The first-order valence-corrected chi connectivity index (χ1v) is 10.5. The number of carboxylic acid groups (broad SMARTS) is 1. The Bertz CT molecular complexity index is 1510. The molecule has 0 unspecified atom stereocenters. The summed E-state index contributed by atoms with van der Waals surface area (Å²) in [5, 5.41) is 9.54. The number of hydrogen-bond donors (Lipinski definition) is 1. The molecule has 0 aliphatic rings. The molecule has 0 spiro atoms. The largest absolute Gasteiger partial charge is 0.497 e. The molecule has 1 aromatic heterocycles. The quantitative estimate of drug-likeness (QED) is 0.359. The fraction of sp³-hybridized carbons (Fsp3) is 0.120. The van der Waals surface area contributed by atoms with Gasteiger partial charge >= 0.3 is 12.1 Å². The molecule has 3 aromatic carbocycles.